The highest BCUT2D eigenvalue weighted by Crippen LogP contribution is 2.30. The number of amides is 1. The van der Waals surface area contributed by atoms with Gasteiger partial charge in [-0.25, -0.2) is 14.2 Å². The number of aliphatic carboxylic acids is 1. The van der Waals surface area contributed by atoms with E-state index >= 15 is 0 Å². The number of ether oxygens (including phenoxy) is 1. The molecule has 3 N–H and O–H groups in total. The highest BCUT2D eigenvalue weighted by Gasteiger charge is 2.45. The number of pyridine rings is 1. The van der Waals surface area contributed by atoms with Crippen LogP contribution in [0, 0.1) is 5.82 Å². The standard InChI is InChI=1S/C18H18FN3O4/c19-13-2-1-3-14(11-13)26-18(17(24)25)5-8-22(9-6-18)16(23)12-4-7-21-15(20)10-12/h1-4,7,10-11H,5-6,8-9H2,(H2,20,21)(H,24,25). The van der Waals surface area contributed by atoms with E-state index in [4.69, 9.17) is 10.5 Å². The third-order valence-electron chi connectivity index (χ3n) is 4.39. The molecular formula is C18H18FN3O4. The number of nitrogens with zero attached hydrogens (tertiary/aromatic N) is 2. The molecule has 136 valence electrons. The smallest absolute Gasteiger partial charge is 0.348 e. The van der Waals surface area contributed by atoms with Crippen molar-refractivity contribution in [3.05, 3.63) is 54.0 Å². The van der Waals surface area contributed by atoms with Crippen LogP contribution in [0.15, 0.2) is 42.6 Å². The molecule has 7 nitrogen and oxygen atoms in total. The molecule has 1 aliphatic heterocycles. The summed E-state index contributed by atoms with van der Waals surface area (Å²) in [7, 11) is 0. The zero-order valence-electron chi connectivity index (χ0n) is 13.9. The number of hydrogen-bond acceptors (Lipinski definition) is 5. The summed E-state index contributed by atoms with van der Waals surface area (Å²) in [5.74, 6) is -1.51. The third-order valence-corrected chi connectivity index (χ3v) is 4.39. The Morgan fingerprint density at radius 1 is 1.23 bits per heavy atom. The van der Waals surface area contributed by atoms with E-state index in [-0.39, 0.29) is 43.4 Å². The van der Waals surface area contributed by atoms with Gasteiger partial charge in [-0.1, -0.05) is 6.07 Å². The highest BCUT2D eigenvalue weighted by atomic mass is 19.1. The molecule has 1 aliphatic rings. The van der Waals surface area contributed by atoms with Crippen molar-refractivity contribution in [1.82, 2.24) is 9.88 Å². The number of carbonyl (C=O) groups excluding carboxylic acids is 1. The maximum atomic E-state index is 13.3. The minimum Gasteiger partial charge on any atom is -0.478 e. The van der Waals surface area contributed by atoms with E-state index in [2.05, 4.69) is 4.98 Å². The molecular weight excluding hydrogens is 341 g/mol. The Hall–Kier alpha value is -3.16. The first-order valence-corrected chi connectivity index (χ1v) is 8.08. The Morgan fingerprint density at radius 3 is 2.58 bits per heavy atom. The van der Waals surface area contributed by atoms with Crippen molar-refractivity contribution in [2.75, 3.05) is 18.8 Å². The Morgan fingerprint density at radius 2 is 1.96 bits per heavy atom. The first-order chi connectivity index (χ1) is 12.4. The molecule has 0 radical (unpaired) electrons. The van der Waals surface area contributed by atoms with Crippen LogP contribution in [0.5, 0.6) is 5.75 Å². The first-order valence-electron chi connectivity index (χ1n) is 8.08. The van der Waals surface area contributed by atoms with Crippen molar-refractivity contribution in [2.45, 2.75) is 18.4 Å². The van der Waals surface area contributed by atoms with Crippen molar-refractivity contribution in [1.29, 1.82) is 0 Å². The predicted octanol–water partition coefficient (Wildman–Crippen LogP) is 1.94. The lowest BCUT2D eigenvalue weighted by Crippen LogP contribution is -2.54. The van der Waals surface area contributed by atoms with Crippen LogP contribution in [0.2, 0.25) is 0 Å². The zero-order chi connectivity index (χ0) is 18.7. The number of benzene rings is 1. The van der Waals surface area contributed by atoms with E-state index in [1.807, 2.05) is 0 Å². The number of carboxylic acids is 1. The van der Waals surface area contributed by atoms with E-state index in [1.165, 1.54) is 30.5 Å². The average Bonchev–Trinajstić information content (AvgIpc) is 2.61. The number of nitrogen functional groups attached to an aromatic ring is 1. The lowest BCUT2D eigenvalue weighted by Gasteiger charge is -2.38. The molecule has 0 spiro atoms. The second kappa shape index (κ2) is 6.99. The molecule has 2 aromatic rings. The van der Waals surface area contributed by atoms with Crippen molar-refractivity contribution in [3.8, 4) is 5.75 Å². The minimum absolute atomic E-state index is 0.0884. The van der Waals surface area contributed by atoms with Crippen LogP contribution >= 0.6 is 0 Å². The van der Waals surface area contributed by atoms with Gasteiger partial charge in [-0.3, -0.25) is 4.79 Å². The molecule has 0 unspecified atom stereocenters. The Kier molecular flexibility index (Phi) is 4.75. The normalized spacial score (nSPS) is 16.1. The number of anilines is 1. The van der Waals surface area contributed by atoms with Gasteiger partial charge in [0, 0.05) is 43.8 Å². The van der Waals surface area contributed by atoms with Gasteiger partial charge in [-0.15, -0.1) is 0 Å². The third kappa shape index (κ3) is 3.58. The van der Waals surface area contributed by atoms with Crippen molar-refractivity contribution in [3.63, 3.8) is 0 Å². The molecule has 1 fully saturated rings. The number of piperidine rings is 1. The van der Waals surface area contributed by atoms with E-state index < -0.39 is 17.4 Å². The highest BCUT2D eigenvalue weighted by molar-refractivity contribution is 5.95. The van der Waals surface area contributed by atoms with Gasteiger partial charge < -0.3 is 20.5 Å². The van der Waals surface area contributed by atoms with Gasteiger partial charge in [-0.05, 0) is 24.3 Å². The first kappa shape index (κ1) is 17.7. The fourth-order valence-electron chi connectivity index (χ4n) is 2.95. The summed E-state index contributed by atoms with van der Waals surface area (Å²) in [5.41, 5.74) is 4.49. The van der Waals surface area contributed by atoms with Crippen molar-refractivity contribution in [2.24, 2.45) is 0 Å². The molecule has 1 saturated heterocycles. The molecule has 2 heterocycles. The van der Waals surface area contributed by atoms with Gasteiger partial charge in [0.15, 0.2) is 0 Å². The maximum absolute atomic E-state index is 13.3. The van der Waals surface area contributed by atoms with Gasteiger partial charge in [0.25, 0.3) is 5.91 Å². The molecule has 1 amide bonds. The van der Waals surface area contributed by atoms with E-state index in [1.54, 1.807) is 11.0 Å². The largest absolute Gasteiger partial charge is 0.478 e. The quantitative estimate of drug-likeness (QED) is 0.864. The Balaban J connectivity index is 1.73. The SMILES string of the molecule is Nc1cc(C(=O)N2CCC(Oc3cccc(F)c3)(C(=O)O)CC2)ccn1. The monoisotopic (exact) mass is 359 g/mol. The molecule has 0 saturated carbocycles. The minimum atomic E-state index is -1.50. The number of hydrogen-bond donors (Lipinski definition) is 2. The molecule has 1 aromatic heterocycles. The molecule has 0 bridgehead atoms. The van der Waals surface area contributed by atoms with Crippen LogP contribution in [0.1, 0.15) is 23.2 Å². The van der Waals surface area contributed by atoms with E-state index in [0.29, 0.717) is 5.56 Å². The number of carboxylic acid groups (broad SMARTS) is 1. The number of carbonyl (C=O) groups is 2. The summed E-state index contributed by atoms with van der Waals surface area (Å²) < 4.78 is 19.0. The van der Waals surface area contributed by atoms with Crippen LogP contribution in [-0.4, -0.2) is 45.6 Å². The van der Waals surface area contributed by atoms with Gasteiger partial charge in [0.2, 0.25) is 5.60 Å². The summed E-state index contributed by atoms with van der Waals surface area (Å²) >= 11 is 0. The van der Waals surface area contributed by atoms with Gasteiger partial charge in [0.05, 0.1) is 0 Å². The lowest BCUT2D eigenvalue weighted by molar-refractivity contribution is -0.159. The Bertz CT molecular complexity index is 835. The van der Waals surface area contributed by atoms with Gasteiger partial charge >= 0.3 is 5.97 Å². The Labute approximate surface area is 149 Å². The fourth-order valence-corrected chi connectivity index (χ4v) is 2.95. The average molecular weight is 359 g/mol. The van der Waals surface area contributed by atoms with Crippen LogP contribution in [0.3, 0.4) is 0 Å². The van der Waals surface area contributed by atoms with Crippen LogP contribution < -0.4 is 10.5 Å². The molecule has 0 aliphatic carbocycles. The number of halogens is 1. The summed E-state index contributed by atoms with van der Waals surface area (Å²) in [4.78, 5) is 29.7. The van der Waals surface area contributed by atoms with Crippen LogP contribution in [0.25, 0.3) is 0 Å². The van der Waals surface area contributed by atoms with Gasteiger partial charge in [0.1, 0.15) is 17.4 Å². The fraction of sp³-hybridized carbons (Fsp3) is 0.278. The number of aromatic nitrogens is 1. The topological polar surface area (TPSA) is 106 Å². The van der Waals surface area contributed by atoms with Gasteiger partial charge in [-0.2, -0.15) is 0 Å². The second-order valence-electron chi connectivity index (χ2n) is 6.12. The maximum Gasteiger partial charge on any atom is 0.348 e. The molecule has 0 atom stereocenters. The van der Waals surface area contributed by atoms with E-state index in [9.17, 15) is 19.1 Å². The summed E-state index contributed by atoms with van der Waals surface area (Å²) in [6, 6.07) is 8.38. The van der Waals surface area contributed by atoms with Crippen LogP contribution in [-0.2, 0) is 4.79 Å². The van der Waals surface area contributed by atoms with Crippen LogP contribution in [0.4, 0.5) is 10.2 Å². The number of nitrogens with two attached hydrogens (primary N) is 1. The number of likely N-dealkylation sites (tertiary alicyclic amines) is 1. The molecule has 1 aromatic carbocycles. The summed E-state index contributed by atoms with van der Waals surface area (Å²) in [5, 5.41) is 9.65. The van der Waals surface area contributed by atoms with Crippen molar-refractivity contribution < 1.29 is 23.8 Å². The second-order valence-corrected chi connectivity index (χ2v) is 6.12. The summed E-state index contributed by atoms with van der Waals surface area (Å²) in [6.07, 6.45) is 1.62. The predicted molar refractivity (Wildman–Crippen MR) is 91.2 cm³/mol. The summed E-state index contributed by atoms with van der Waals surface area (Å²) in [6.45, 7) is 0.394. The van der Waals surface area contributed by atoms with Crippen molar-refractivity contribution >= 4 is 17.7 Å². The molecule has 26 heavy (non-hydrogen) atoms. The molecule has 3 rings (SSSR count). The molecule has 8 heteroatoms. The van der Waals surface area contributed by atoms with E-state index in [0.717, 1.165) is 6.07 Å². The number of rotatable bonds is 4. The zero-order valence-corrected chi connectivity index (χ0v) is 13.9. The lowest BCUT2D eigenvalue weighted by atomic mass is 9.90.